The molecule has 114 valence electrons. The van der Waals surface area contributed by atoms with Crippen molar-refractivity contribution < 1.29 is 9.90 Å². The van der Waals surface area contributed by atoms with Crippen LogP contribution in [0.4, 0.5) is 0 Å². The molecule has 0 unspecified atom stereocenters. The molecule has 0 atom stereocenters. The van der Waals surface area contributed by atoms with Gasteiger partial charge in [-0.3, -0.25) is 0 Å². The van der Waals surface area contributed by atoms with E-state index < -0.39 is 5.97 Å². The molecule has 5 nitrogen and oxygen atoms in total. The quantitative estimate of drug-likeness (QED) is 0.940. The predicted octanol–water partition coefficient (Wildman–Crippen LogP) is 2.59. The summed E-state index contributed by atoms with van der Waals surface area (Å²) in [5, 5.41) is 9.12. The highest BCUT2D eigenvalue weighted by Crippen LogP contribution is 2.27. The van der Waals surface area contributed by atoms with Crippen LogP contribution < -0.4 is 0 Å². The van der Waals surface area contributed by atoms with Gasteiger partial charge in [-0.25, -0.2) is 9.78 Å². The molecule has 21 heavy (non-hydrogen) atoms. The third-order valence-electron chi connectivity index (χ3n) is 3.44. The second-order valence-electron chi connectivity index (χ2n) is 6.65. The van der Waals surface area contributed by atoms with Gasteiger partial charge in [0.25, 0.3) is 0 Å². The molecule has 0 amide bonds. The topological polar surface area (TPSA) is 58.4 Å². The van der Waals surface area contributed by atoms with Crippen molar-refractivity contribution >= 4 is 17.0 Å². The van der Waals surface area contributed by atoms with E-state index in [1.807, 2.05) is 20.2 Å². The number of hydrogen-bond acceptors (Lipinski definition) is 3. The number of carboxylic acids is 1. The van der Waals surface area contributed by atoms with Gasteiger partial charge in [0, 0.05) is 18.5 Å². The van der Waals surface area contributed by atoms with E-state index in [2.05, 4.69) is 35.2 Å². The van der Waals surface area contributed by atoms with Gasteiger partial charge in [0.15, 0.2) is 0 Å². The Balaban J connectivity index is 2.58. The maximum Gasteiger partial charge on any atom is 0.335 e. The summed E-state index contributed by atoms with van der Waals surface area (Å²) in [7, 11) is 4.08. The van der Waals surface area contributed by atoms with Crippen LogP contribution in [0.15, 0.2) is 18.2 Å². The summed E-state index contributed by atoms with van der Waals surface area (Å²) in [5.74, 6) is 0.0685. The summed E-state index contributed by atoms with van der Waals surface area (Å²) >= 11 is 0. The lowest BCUT2D eigenvalue weighted by atomic mass is 9.95. The first-order valence-corrected chi connectivity index (χ1v) is 7.09. The van der Waals surface area contributed by atoms with E-state index >= 15 is 0 Å². The second-order valence-corrected chi connectivity index (χ2v) is 6.65. The SMILES string of the molecule is CN(C)CCn1c(C(C)(C)C)nc2cc(C(=O)O)ccc21. The minimum atomic E-state index is -0.919. The highest BCUT2D eigenvalue weighted by Gasteiger charge is 2.23. The standard InChI is InChI=1S/C16H23N3O2/c1-16(2,3)15-17-12-10-11(14(20)21)6-7-13(12)19(15)9-8-18(4)5/h6-7,10H,8-9H2,1-5H3,(H,20,21). The Kier molecular flexibility index (Phi) is 4.05. The average molecular weight is 289 g/mol. The van der Waals surface area contributed by atoms with E-state index in [0.717, 1.165) is 29.9 Å². The zero-order valence-corrected chi connectivity index (χ0v) is 13.3. The van der Waals surface area contributed by atoms with Crippen LogP contribution in [-0.2, 0) is 12.0 Å². The van der Waals surface area contributed by atoms with Crippen molar-refractivity contribution in [2.24, 2.45) is 0 Å². The van der Waals surface area contributed by atoms with Crippen LogP contribution in [0.3, 0.4) is 0 Å². The third kappa shape index (κ3) is 3.24. The molecule has 2 rings (SSSR count). The van der Waals surface area contributed by atoms with Crippen LogP contribution in [0, 0.1) is 0 Å². The molecule has 5 heteroatoms. The lowest BCUT2D eigenvalue weighted by Crippen LogP contribution is -2.24. The number of likely N-dealkylation sites (N-methyl/N-ethyl adjacent to an activating group) is 1. The Bertz CT molecular complexity index is 666. The molecule has 2 aromatic rings. The molecular formula is C16H23N3O2. The summed E-state index contributed by atoms with van der Waals surface area (Å²) in [5.41, 5.74) is 1.93. The first-order valence-electron chi connectivity index (χ1n) is 7.09. The zero-order valence-electron chi connectivity index (χ0n) is 13.3. The molecule has 0 saturated heterocycles. The normalized spacial score (nSPS) is 12.3. The van der Waals surface area contributed by atoms with Crippen LogP contribution in [0.2, 0.25) is 0 Å². The summed E-state index contributed by atoms with van der Waals surface area (Å²) in [6.45, 7) is 8.12. The van der Waals surface area contributed by atoms with Crippen molar-refractivity contribution in [2.75, 3.05) is 20.6 Å². The summed E-state index contributed by atoms with van der Waals surface area (Å²) in [6, 6.07) is 5.15. The number of fused-ring (bicyclic) bond motifs is 1. The minimum Gasteiger partial charge on any atom is -0.478 e. The molecule has 1 heterocycles. The molecule has 1 aromatic heterocycles. The molecule has 1 N–H and O–H groups in total. The molecule has 0 spiro atoms. The lowest BCUT2D eigenvalue weighted by molar-refractivity contribution is 0.0697. The third-order valence-corrected chi connectivity index (χ3v) is 3.44. The van der Waals surface area contributed by atoms with E-state index in [0.29, 0.717) is 0 Å². The van der Waals surface area contributed by atoms with Gasteiger partial charge < -0.3 is 14.6 Å². The van der Waals surface area contributed by atoms with Gasteiger partial charge >= 0.3 is 5.97 Å². The summed E-state index contributed by atoms with van der Waals surface area (Å²) in [4.78, 5) is 17.9. The van der Waals surface area contributed by atoms with Gasteiger partial charge in [0.2, 0.25) is 0 Å². The highest BCUT2D eigenvalue weighted by atomic mass is 16.4. The molecule has 0 aliphatic carbocycles. The maximum absolute atomic E-state index is 11.1. The Labute approximate surface area is 125 Å². The van der Waals surface area contributed by atoms with Crippen molar-refractivity contribution in [3.63, 3.8) is 0 Å². The number of nitrogens with zero attached hydrogens (tertiary/aromatic N) is 3. The van der Waals surface area contributed by atoms with Crippen LogP contribution >= 0.6 is 0 Å². The number of aromatic nitrogens is 2. The van der Waals surface area contributed by atoms with Gasteiger partial charge in [-0.05, 0) is 32.3 Å². The van der Waals surface area contributed by atoms with Crippen molar-refractivity contribution in [3.8, 4) is 0 Å². The van der Waals surface area contributed by atoms with E-state index in [1.165, 1.54) is 0 Å². The molecule has 0 aliphatic heterocycles. The van der Waals surface area contributed by atoms with Gasteiger partial charge in [0.05, 0.1) is 16.6 Å². The zero-order chi connectivity index (χ0) is 15.8. The van der Waals surface area contributed by atoms with Crippen molar-refractivity contribution in [2.45, 2.75) is 32.7 Å². The van der Waals surface area contributed by atoms with E-state index in [9.17, 15) is 4.79 Å². The van der Waals surface area contributed by atoms with Gasteiger partial charge in [-0.2, -0.15) is 0 Å². The Morgan fingerprint density at radius 3 is 2.52 bits per heavy atom. The monoisotopic (exact) mass is 289 g/mol. The van der Waals surface area contributed by atoms with Crippen molar-refractivity contribution in [1.29, 1.82) is 0 Å². The molecule has 1 aromatic carbocycles. The number of carbonyl (C=O) groups is 1. The first kappa shape index (κ1) is 15.5. The number of benzene rings is 1. The van der Waals surface area contributed by atoms with Crippen LogP contribution in [0.1, 0.15) is 37.0 Å². The smallest absolute Gasteiger partial charge is 0.335 e. The largest absolute Gasteiger partial charge is 0.478 e. The van der Waals surface area contributed by atoms with Gasteiger partial charge in [0.1, 0.15) is 5.82 Å². The minimum absolute atomic E-state index is 0.0886. The Morgan fingerprint density at radius 2 is 2.00 bits per heavy atom. The summed E-state index contributed by atoms with van der Waals surface area (Å²) in [6.07, 6.45) is 0. The van der Waals surface area contributed by atoms with Gasteiger partial charge in [-0.15, -0.1) is 0 Å². The molecule has 0 radical (unpaired) electrons. The number of hydrogen-bond donors (Lipinski definition) is 1. The number of aromatic carboxylic acids is 1. The van der Waals surface area contributed by atoms with E-state index in [-0.39, 0.29) is 11.0 Å². The second kappa shape index (κ2) is 5.48. The van der Waals surface area contributed by atoms with Crippen LogP contribution in [-0.4, -0.2) is 46.2 Å². The Hall–Kier alpha value is -1.88. The lowest BCUT2D eigenvalue weighted by Gasteiger charge is -2.21. The van der Waals surface area contributed by atoms with E-state index in [4.69, 9.17) is 5.11 Å². The fraction of sp³-hybridized carbons (Fsp3) is 0.500. The Morgan fingerprint density at radius 1 is 1.33 bits per heavy atom. The summed E-state index contributed by atoms with van der Waals surface area (Å²) < 4.78 is 2.20. The molecule has 0 bridgehead atoms. The molecule has 0 fully saturated rings. The number of imidazole rings is 1. The van der Waals surface area contributed by atoms with Crippen LogP contribution in [0.5, 0.6) is 0 Å². The fourth-order valence-electron chi connectivity index (χ4n) is 2.36. The average Bonchev–Trinajstić information content (AvgIpc) is 2.73. The van der Waals surface area contributed by atoms with Gasteiger partial charge in [-0.1, -0.05) is 20.8 Å². The first-order chi connectivity index (χ1) is 9.70. The predicted molar refractivity (Wildman–Crippen MR) is 83.9 cm³/mol. The van der Waals surface area contributed by atoms with Crippen molar-refractivity contribution in [1.82, 2.24) is 14.5 Å². The van der Waals surface area contributed by atoms with Crippen LogP contribution in [0.25, 0.3) is 11.0 Å². The maximum atomic E-state index is 11.1. The molecule has 0 saturated carbocycles. The molecule has 0 aliphatic rings. The molecular weight excluding hydrogens is 266 g/mol. The fourth-order valence-corrected chi connectivity index (χ4v) is 2.36. The van der Waals surface area contributed by atoms with E-state index in [1.54, 1.807) is 12.1 Å². The highest BCUT2D eigenvalue weighted by molar-refractivity contribution is 5.92. The number of rotatable bonds is 4. The number of carboxylic acid groups (broad SMARTS) is 1. The van der Waals surface area contributed by atoms with Crippen molar-refractivity contribution in [3.05, 3.63) is 29.6 Å².